The molecule has 2 heterocycles. The van der Waals surface area contributed by atoms with Crippen LogP contribution in [0.1, 0.15) is 44.6 Å². The largest absolute Gasteiger partial charge is 0.311 e. The molecule has 1 aliphatic carbocycles. The van der Waals surface area contributed by atoms with Crippen LogP contribution in [0.3, 0.4) is 0 Å². The molecule has 1 saturated carbocycles. The molecular weight excluding hydrogens is 260 g/mol. The molecule has 1 fully saturated rings. The third-order valence-electron chi connectivity index (χ3n) is 4.50. The van der Waals surface area contributed by atoms with E-state index < -0.39 is 0 Å². The fourth-order valence-corrected chi connectivity index (χ4v) is 3.10. The third kappa shape index (κ3) is 1.97. The van der Waals surface area contributed by atoms with Crippen molar-refractivity contribution in [1.82, 2.24) is 19.3 Å². The van der Waals surface area contributed by atoms with Crippen molar-refractivity contribution in [2.24, 2.45) is 5.41 Å². The topological polar surface area (TPSA) is 35.6 Å². The van der Waals surface area contributed by atoms with Crippen molar-refractivity contribution in [1.29, 1.82) is 0 Å². The van der Waals surface area contributed by atoms with Gasteiger partial charge in [0, 0.05) is 13.1 Å². The van der Waals surface area contributed by atoms with Gasteiger partial charge in [0.15, 0.2) is 5.65 Å². The van der Waals surface area contributed by atoms with Crippen LogP contribution in [0.15, 0.2) is 0 Å². The van der Waals surface area contributed by atoms with E-state index in [2.05, 4.69) is 28.2 Å². The van der Waals surface area contributed by atoms with E-state index in [9.17, 15) is 0 Å². The first kappa shape index (κ1) is 13.0. The van der Waals surface area contributed by atoms with E-state index in [-0.39, 0.29) is 0 Å². The Bertz CT molecular complexity index is 607. The van der Waals surface area contributed by atoms with Crippen LogP contribution in [0.4, 0.5) is 0 Å². The zero-order valence-electron chi connectivity index (χ0n) is 11.9. The van der Waals surface area contributed by atoms with E-state index in [0.717, 1.165) is 35.8 Å². The Balaban J connectivity index is 2.14. The average molecular weight is 281 g/mol. The van der Waals surface area contributed by atoms with E-state index >= 15 is 0 Å². The molecule has 0 bridgehead atoms. The van der Waals surface area contributed by atoms with Crippen molar-refractivity contribution < 1.29 is 0 Å². The summed E-state index contributed by atoms with van der Waals surface area (Å²) in [6.07, 6.45) is 3.88. The quantitative estimate of drug-likeness (QED) is 0.786. The van der Waals surface area contributed by atoms with Crippen LogP contribution in [0, 0.1) is 12.3 Å². The number of imidazole rings is 1. The molecule has 2 aromatic heterocycles. The maximum atomic E-state index is 6.09. The Kier molecular flexibility index (Phi) is 3.08. The van der Waals surface area contributed by atoms with E-state index in [1.165, 1.54) is 19.3 Å². The molecule has 19 heavy (non-hydrogen) atoms. The van der Waals surface area contributed by atoms with E-state index in [1.807, 2.05) is 6.92 Å². The highest BCUT2D eigenvalue weighted by Crippen LogP contribution is 2.50. The van der Waals surface area contributed by atoms with Gasteiger partial charge in [-0.1, -0.05) is 6.92 Å². The molecule has 0 saturated heterocycles. The van der Waals surface area contributed by atoms with Gasteiger partial charge in [-0.2, -0.15) is 5.10 Å². The van der Waals surface area contributed by atoms with Crippen LogP contribution >= 0.6 is 11.6 Å². The highest BCUT2D eigenvalue weighted by molar-refractivity contribution is 6.16. The van der Waals surface area contributed by atoms with E-state index in [4.69, 9.17) is 16.6 Å². The Hall–Kier alpha value is -1.03. The summed E-state index contributed by atoms with van der Waals surface area (Å²) in [7, 11) is 0. The van der Waals surface area contributed by atoms with Gasteiger partial charge in [-0.3, -0.25) is 0 Å². The Morgan fingerprint density at radius 1 is 1.32 bits per heavy atom. The highest BCUT2D eigenvalue weighted by Gasteiger charge is 2.42. The summed E-state index contributed by atoms with van der Waals surface area (Å²) in [5, 5.41) is 4.57. The molecular formula is C14H21ClN4. The van der Waals surface area contributed by atoms with Gasteiger partial charge in [0.1, 0.15) is 11.3 Å². The molecule has 0 aromatic carbocycles. The van der Waals surface area contributed by atoms with E-state index in [1.54, 1.807) is 0 Å². The predicted molar refractivity (Wildman–Crippen MR) is 77.4 cm³/mol. The molecule has 3 rings (SSSR count). The van der Waals surface area contributed by atoms with Crippen molar-refractivity contribution in [3.8, 4) is 0 Å². The lowest BCUT2D eigenvalue weighted by Crippen LogP contribution is -2.15. The highest BCUT2D eigenvalue weighted by atomic mass is 35.5. The molecule has 0 N–H and O–H groups in total. The number of halogens is 1. The summed E-state index contributed by atoms with van der Waals surface area (Å²) >= 11 is 6.09. The Labute approximate surface area is 118 Å². The minimum Gasteiger partial charge on any atom is -0.311 e. The molecule has 0 atom stereocenters. The molecule has 0 unspecified atom stereocenters. The molecule has 0 spiro atoms. The minimum atomic E-state index is 0.470. The third-order valence-corrected chi connectivity index (χ3v) is 4.74. The summed E-state index contributed by atoms with van der Waals surface area (Å²) < 4.78 is 4.36. The van der Waals surface area contributed by atoms with Crippen LogP contribution < -0.4 is 0 Å². The molecule has 0 amide bonds. The van der Waals surface area contributed by atoms with Gasteiger partial charge >= 0.3 is 0 Å². The summed E-state index contributed by atoms with van der Waals surface area (Å²) in [6.45, 7) is 8.33. The molecule has 0 radical (unpaired) electrons. The van der Waals surface area contributed by atoms with Gasteiger partial charge in [-0.05, 0) is 38.5 Å². The van der Waals surface area contributed by atoms with Gasteiger partial charge in [0.05, 0.1) is 11.6 Å². The summed E-state index contributed by atoms with van der Waals surface area (Å²) in [4.78, 5) is 4.69. The average Bonchev–Trinajstić information content (AvgIpc) is 3.00. The monoisotopic (exact) mass is 280 g/mol. The van der Waals surface area contributed by atoms with Crippen LogP contribution in [0.2, 0.25) is 0 Å². The second kappa shape index (κ2) is 4.51. The molecule has 4 nitrogen and oxygen atoms in total. The van der Waals surface area contributed by atoms with Crippen molar-refractivity contribution in [3.63, 3.8) is 0 Å². The number of fused-ring (bicyclic) bond motifs is 1. The number of aromatic nitrogens is 4. The Morgan fingerprint density at radius 3 is 2.58 bits per heavy atom. The van der Waals surface area contributed by atoms with Crippen molar-refractivity contribution >= 4 is 22.8 Å². The van der Waals surface area contributed by atoms with Crippen molar-refractivity contribution in [2.45, 2.75) is 59.0 Å². The number of hydrogen-bond donors (Lipinski definition) is 0. The lowest BCUT2D eigenvalue weighted by atomic mass is 10.0. The first-order valence-electron chi connectivity index (χ1n) is 7.12. The van der Waals surface area contributed by atoms with Crippen LogP contribution in [-0.4, -0.2) is 19.3 Å². The number of aryl methyl sites for hydroxylation is 2. The minimum absolute atomic E-state index is 0.470. The SMILES string of the molecule is CCn1nc(C)c2nc(CCl)n(CC3(CC)CC3)c21. The van der Waals surface area contributed by atoms with Gasteiger partial charge in [-0.25, -0.2) is 9.67 Å². The van der Waals surface area contributed by atoms with Gasteiger partial charge in [-0.15, -0.1) is 11.6 Å². The zero-order chi connectivity index (χ0) is 13.6. The molecule has 1 aliphatic rings. The second-order valence-electron chi connectivity index (χ2n) is 5.67. The number of rotatable bonds is 5. The standard InChI is InChI=1S/C14H21ClN4/c1-4-14(6-7-14)9-18-11(8-15)16-12-10(3)17-19(5-2)13(12)18/h4-9H2,1-3H3. The van der Waals surface area contributed by atoms with E-state index in [0.29, 0.717) is 11.3 Å². The van der Waals surface area contributed by atoms with Crippen LogP contribution in [0.5, 0.6) is 0 Å². The normalized spacial score (nSPS) is 17.3. The second-order valence-corrected chi connectivity index (χ2v) is 5.94. The zero-order valence-corrected chi connectivity index (χ0v) is 12.7. The lowest BCUT2D eigenvalue weighted by Gasteiger charge is -2.16. The van der Waals surface area contributed by atoms with Gasteiger partial charge in [0.2, 0.25) is 0 Å². The fourth-order valence-electron chi connectivity index (χ4n) is 2.89. The number of alkyl halides is 1. The lowest BCUT2D eigenvalue weighted by molar-refractivity contribution is 0.405. The van der Waals surface area contributed by atoms with Gasteiger partial charge in [0.25, 0.3) is 0 Å². The fraction of sp³-hybridized carbons (Fsp3) is 0.714. The molecule has 104 valence electrons. The maximum absolute atomic E-state index is 6.09. The summed E-state index contributed by atoms with van der Waals surface area (Å²) in [5.41, 5.74) is 3.65. The summed E-state index contributed by atoms with van der Waals surface area (Å²) in [6, 6.07) is 0. The van der Waals surface area contributed by atoms with Crippen LogP contribution in [-0.2, 0) is 19.0 Å². The Morgan fingerprint density at radius 2 is 2.05 bits per heavy atom. The first-order valence-corrected chi connectivity index (χ1v) is 7.66. The first-order chi connectivity index (χ1) is 9.14. The van der Waals surface area contributed by atoms with Crippen molar-refractivity contribution in [3.05, 3.63) is 11.5 Å². The molecule has 2 aromatic rings. The predicted octanol–water partition coefficient (Wildman–Crippen LogP) is 3.49. The smallest absolute Gasteiger partial charge is 0.158 e. The number of nitrogens with zero attached hydrogens (tertiary/aromatic N) is 4. The van der Waals surface area contributed by atoms with Gasteiger partial charge < -0.3 is 4.57 Å². The molecule has 0 aliphatic heterocycles. The summed E-state index contributed by atoms with van der Waals surface area (Å²) in [5.74, 6) is 1.46. The van der Waals surface area contributed by atoms with Crippen LogP contribution in [0.25, 0.3) is 11.2 Å². The maximum Gasteiger partial charge on any atom is 0.158 e. The number of hydrogen-bond acceptors (Lipinski definition) is 2. The molecule has 5 heteroatoms. The van der Waals surface area contributed by atoms with Crippen molar-refractivity contribution in [2.75, 3.05) is 0 Å².